The summed E-state index contributed by atoms with van der Waals surface area (Å²) in [6, 6.07) is 14.1. The molecule has 0 saturated heterocycles. The number of esters is 1. The molecule has 0 heterocycles. The van der Waals surface area contributed by atoms with Crippen LogP contribution in [0.15, 0.2) is 48.5 Å². The van der Waals surface area contributed by atoms with Gasteiger partial charge in [0.1, 0.15) is 5.75 Å². The zero-order valence-electron chi connectivity index (χ0n) is 10.8. The van der Waals surface area contributed by atoms with Gasteiger partial charge in [0, 0.05) is 6.42 Å². The molecule has 0 atom stereocenters. The fraction of sp³-hybridized carbons (Fsp3) is 0.188. The number of hydrogen-bond acceptors (Lipinski definition) is 3. The Morgan fingerprint density at radius 2 is 1.79 bits per heavy atom. The maximum absolute atomic E-state index is 11.7. The van der Waals surface area contributed by atoms with Gasteiger partial charge in [-0.3, -0.25) is 0 Å². The van der Waals surface area contributed by atoms with Crippen LogP contribution in [0.3, 0.4) is 0 Å². The molecule has 0 aliphatic rings. The number of phenols is 1. The molecule has 3 heteroatoms. The minimum atomic E-state index is -0.367. The van der Waals surface area contributed by atoms with Gasteiger partial charge in [-0.1, -0.05) is 24.3 Å². The first kappa shape index (κ1) is 13.1. The molecule has 0 saturated carbocycles. The number of aromatic hydroxyl groups is 1. The van der Waals surface area contributed by atoms with Crippen LogP contribution in [0.2, 0.25) is 0 Å². The molecule has 1 N–H and O–H groups in total. The SMILES string of the molecule is Cc1ccccc1CCOC(=O)c1ccc(O)cc1. The van der Waals surface area contributed by atoms with Crippen LogP contribution in [0.25, 0.3) is 0 Å². The van der Waals surface area contributed by atoms with Crippen molar-refractivity contribution in [1.29, 1.82) is 0 Å². The van der Waals surface area contributed by atoms with E-state index < -0.39 is 0 Å². The third kappa shape index (κ3) is 3.58. The minimum absolute atomic E-state index is 0.136. The normalized spacial score (nSPS) is 10.2. The van der Waals surface area contributed by atoms with E-state index in [0.717, 1.165) is 0 Å². The second kappa shape index (κ2) is 6.05. The van der Waals surface area contributed by atoms with Gasteiger partial charge in [-0.05, 0) is 42.3 Å². The largest absolute Gasteiger partial charge is 0.508 e. The number of phenolic OH excluding ortho intramolecular Hbond substituents is 1. The van der Waals surface area contributed by atoms with Gasteiger partial charge in [0.15, 0.2) is 0 Å². The van der Waals surface area contributed by atoms with Crippen molar-refractivity contribution in [2.75, 3.05) is 6.61 Å². The Morgan fingerprint density at radius 1 is 1.11 bits per heavy atom. The van der Waals surface area contributed by atoms with E-state index in [0.29, 0.717) is 18.6 Å². The molecular weight excluding hydrogens is 240 g/mol. The molecule has 0 unspecified atom stereocenters. The van der Waals surface area contributed by atoms with Gasteiger partial charge < -0.3 is 9.84 Å². The number of carbonyl (C=O) groups is 1. The Morgan fingerprint density at radius 3 is 2.47 bits per heavy atom. The van der Waals surface area contributed by atoms with Crippen LogP contribution in [0.4, 0.5) is 0 Å². The van der Waals surface area contributed by atoms with Crippen molar-refractivity contribution in [3.63, 3.8) is 0 Å². The Labute approximate surface area is 112 Å². The van der Waals surface area contributed by atoms with E-state index in [4.69, 9.17) is 9.84 Å². The van der Waals surface area contributed by atoms with Crippen LogP contribution in [-0.2, 0) is 11.2 Å². The molecule has 19 heavy (non-hydrogen) atoms. The summed E-state index contributed by atoms with van der Waals surface area (Å²) in [4.78, 5) is 11.7. The van der Waals surface area contributed by atoms with Gasteiger partial charge in [0.05, 0.1) is 12.2 Å². The van der Waals surface area contributed by atoms with Crippen molar-refractivity contribution in [2.45, 2.75) is 13.3 Å². The summed E-state index contributed by atoms with van der Waals surface area (Å²) < 4.78 is 5.21. The van der Waals surface area contributed by atoms with Gasteiger partial charge in [0.2, 0.25) is 0 Å². The first-order valence-electron chi connectivity index (χ1n) is 6.17. The summed E-state index contributed by atoms with van der Waals surface area (Å²) in [5, 5.41) is 9.14. The highest BCUT2D eigenvalue weighted by molar-refractivity contribution is 5.89. The van der Waals surface area contributed by atoms with E-state index in [9.17, 15) is 4.79 Å². The zero-order chi connectivity index (χ0) is 13.7. The summed E-state index contributed by atoms with van der Waals surface area (Å²) in [6.07, 6.45) is 0.705. The molecule has 2 rings (SSSR count). The lowest BCUT2D eigenvalue weighted by atomic mass is 10.1. The molecule has 0 aromatic heterocycles. The number of hydrogen-bond donors (Lipinski definition) is 1. The van der Waals surface area contributed by atoms with E-state index >= 15 is 0 Å². The fourth-order valence-electron chi connectivity index (χ4n) is 1.83. The lowest BCUT2D eigenvalue weighted by molar-refractivity contribution is 0.0509. The van der Waals surface area contributed by atoms with Crippen molar-refractivity contribution in [1.82, 2.24) is 0 Å². The lowest BCUT2D eigenvalue weighted by Crippen LogP contribution is -2.08. The molecule has 0 fully saturated rings. The van der Waals surface area contributed by atoms with Crippen LogP contribution in [0.5, 0.6) is 5.75 Å². The summed E-state index contributed by atoms with van der Waals surface area (Å²) >= 11 is 0. The van der Waals surface area contributed by atoms with Crippen LogP contribution in [-0.4, -0.2) is 17.7 Å². The fourth-order valence-corrected chi connectivity index (χ4v) is 1.83. The van der Waals surface area contributed by atoms with Gasteiger partial charge in [0.25, 0.3) is 0 Å². The van der Waals surface area contributed by atoms with Crippen LogP contribution >= 0.6 is 0 Å². The maximum atomic E-state index is 11.7. The van der Waals surface area contributed by atoms with E-state index in [1.807, 2.05) is 31.2 Å². The van der Waals surface area contributed by atoms with E-state index in [1.54, 1.807) is 12.1 Å². The standard InChI is InChI=1S/C16H16O3/c1-12-4-2-3-5-13(12)10-11-19-16(18)14-6-8-15(17)9-7-14/h2-9,17H,10-11H2,1H3. The van der Waals surface area contributed by atoms with Gasteiger partial charge in [-0.2, -0.15) is 0 Å². The number of benzene rings is 2. The Bertz CT molecular complexity index is 558. The third-order valence-corrected chi connectivity index (χ3v) is 2.97. The molecule has 0 amide bonds. The second-order valence-corrected chi connectivity index (χ2v) is 4.36. The quantitative estimate of drug-likeness (QED) is 0.855. The summed E-state index contributed by atoms with van der Waals surface area (Å²) in [5.41, 5.74) is 2.83. The predicted octanol–water partition coefficient (Wildman–Crippen LogP) is 3.10. The molecule has 2 aromatic carbocycles. The summed E-state index contributed by atoms with van der Waals surface area (Å²) in [6.45, 7) is 2.39. The van der Waals surface area contributed by atoms with Crippen molar-refractivity contribution < 1.29 is 14.6 Å². The minimum Gasteiger partial charge on any atom is -0.508 e. The van der Waals surface area contributed by atoms with Gasteiger partial charge in [-0.15, -0.1) is 0 Å². The van der Waals surface area contributed by atoms with Crippen molar-refractivity contribution in [2.24, 2.45) is 0 Å². The Kier molecular flexibility index (Phi) is 4.18. The third-order valence-electron chi connectivity index (χ3n) is 2.97. The Hall–Kier alpha value is -2.29. The van der Waals surface area contributed by atoms with Crippen molar-refractivity contribution in [3.05, 3.63) is 65.2 Å². The first-order chi connectivity index (χ1) is 9.16. The van der Waals surface area contributed by atoms with Crippen molar-refractivity contribution >= 4 is 5.97 Å². The highest BCUT2D eigenvalue weighted by Crippen LogP contribution is 2.11. The average molecular weight is 256 g/mol. The molecule has 98 valence electrons. The molecule has 0 aliphatic carbocycles. The van der Waals surface area contributed by atoms with Crippen LogP contribution in [0, 0.1) is 6.92 Å². The summed E-state index contributed by atoms with van der Waals surface area (Å²) in [5.74, 6) is -0.231. The smallest absolute Gasteiger partial charge is 0.338 e. The molecule has 0 radical (unpaired) electrons. The van der Waals surface area contributed by atoms with Crippen molar-refractivity contribution in [3.8, 4) is 5.75 Å². The van der Waals surface area contributed by atoms with Gasteiger partial charge in [-0.25, -0.2) is 4.79 Å². The molecular formula is C16H16O3. The monoisotopic (exact) mass is 256 g/mol. The molecule has 0 bridgehead atoms. The Balaban J connectivity index is 1.88. The highest BCUT2D eigenvalue weighted by atomic mass is 16.5. The molecule has 3 nitrogen and oxygen atoms in total. The number of carbonyl (C=O) groups excluding carboxylic acids is 1. The first-order valence-corrected chi connectivity index (χ1v) is 6.17. The van der Waals surface area contributed by atoms with Crippen LogP contribution < -0.4 is 0 Å². The number of rotatable bonds is 4. The highest BCUT2D eigenvalue weighted by Gasteiger charge is 2.07. The second-order valence-electron chi connectivity index (χ2n) is 4.36. The van der Waals surface area contributed by atoms with E-state index in [-0.39, 0.29) is 11.7 Å². The average Bonchev–Trinajstić information content (AvgIpc) is 2.41. The zero-order valence-corrected chi connectivity index (χ0v) is 10.8. The van der Waals surface area contributed by atoms with Gasteiger partial charge >= 0.3 is 5.97 Å². The van der Waals surface area contributed by atoms with E-state index in [2.05, 4.69) is 0 Å². The molecule has 0 aliphatic heterocycles. The summed E-state index contributed by atoms with van der Waals surface area (Å²) in [7, 11) is 0. The number of aryl methyl sites for hydroxylation is 1. The van der Waals surface area contributed by atoms with E-state index in [1.165, 1.54) is 23.3 Å². The number of ether oxygens (including phenoxy) is 1. The maximum Gasteiger partial charge on any atom is 0.338 e. The predicted molar refractivity (Wildman–Crippen MR) is 73.3 cm³/mol. The molecule has 0 spiro atoms. The molecule has 2 aromatic rings. The lowest BCUT2D eigenvalue weighted by Gasteiger charge is -2.07. The van der Waals surface area contributed by atoms with Crippen LogP contribution in [0.1, 0.15) is 21.5 Å². The topological polar surface area (TPSA) is 46.5 Å².